The summed E-state index contributed by atoms with van der Waals surface area (Å²) in [6.45, 7) is 0. The van der Waals surface area contributed by atoms with Crippen molar-refractivity contribution in [3.05, 3.63) is 52.3 Å². The number of halogens is 1. The molecule has 4 rings (SSSR count). The summed E-state index contributed by atoms with van der Waals surface area (Å²) in [6, 6.07) is 5.57. The summed E-state index contributed by atoms with van der Waals surface area (Å²) >= 11 is 1.12. The van der Waals surface area contributed by atoms with Gasteiger partial charge in [0.05, 0.1) is 5.94 Å². The Morgan fingerprint density at radius 1 is 1.06 bits per heavy atom. The van der Waals surface area contributed by atoms with Crippen LogP contribution in [0.5, 0.6) is 11.5 Å². The van der Waals surface area contributed by atoms with Crippen LogP contribution in [0.15, 0.2) is 29.2 Å². The average molecular weight is 446 g/mol. The smallest absolute Gasteiger partial charge is 0.526 e. The number of carboxylic acid groups (broad SMARTS) is 2. The van der Waals surface area contributed by atoms with Crippen molar-refractivity contribution in [2.75, 3.05) is 5.94 Å². The number of benzene rings is 2. The zero-order valence-corrected chi connectivity index (χ0v) is 17.0. The van der Waals surface area contributed by atoms with Gasteiger partial charge in [-0.3, -0.25) is 0 Å². The monoisotopic (exact) mass is 446 g/mol. The van der Waals surface area contributed by atoms with E-state index in [0.717, 1.165) is 17.8 Å². The van der Waals surface area contributed by atoms with Gasteiger partial charge in [0.1, 0.15) is 28.4 Å². The van der Waals surface area contributed by atoms with Crippen LogP contribution in [-0.2, 0) is 17.5 Å². The summed E-state index contributed by atoms with van der Waals surface area (Å²) in [5, 5.41) is 28.7. The Kier molecular flexibility index (Phi) is 6.12. The quantitative estimate of drug-likeness (QED) is 0.349. The van der Waals surface area contributed by atoms with Crippen molar-refractivity contribution < 1.29 is 43.2 Å². The highest BCUT2D eigenvalue weighted by Crippen LogP contribution is 2.37. The first kappa shape index (κ1) is 21.5. The molecule has 0 fully saturated rings. The standard InChI is InChI=1S/C19H17B2FO8S/c22-12-7-11-4-6-21(30-16(11)13(8-12)18(23)24)28-9-31-14-2-1-10-3-5-20(27)29-17(10)15(14)19(25)26/h1-2,7-8,27H,3-6,9H2,(H,23,24)(H,25,26). The molecule has 0 amide bonds. The summed E-state index contributed by atoms with van der Waals surface area (Å²) in [7, 11) is -1.81. The molecule has 12 heteroatoms. The zero-order chi connectivity index (χ0) is 22.1. The van der Waals surface area contributed by atoms with Gasteiger partial charge in [0.2, 0.25) is 0 Å². The van der Waals surface area contributed by atoms with E-state index < -0.39 is 32.0 Å². The molecule has 0 saturated carbocycles. The van der Waals surface area contributed by atoms with E-state index in [4.69, 9.17) is 14.0 Å². The van der Waals surface area contributed by atoms with E-state index in [1.54, 1.807) is 12.1 Å². The molecule has 0 aliphatic carbocycles. The third-order valence-electron chi connectivity index (χ3n) is 5.06. The molecule has 2 aromatic rings. The molecule has 0 bridgehead atoms. The maximum Gasteiger partial charge on any atom is 0.526 e. The average Bonchev–Trinajstić information content (AvgIpc) is 2.72. The molecular formula is C19H17B2FO8S. The molecule has 0 atom stereocenters. The van der Waals surface area contributed by atoms with Crippen molar-refractivity contribution in [3.8, 4) is 11.5 Å². The molecule has 0 unspecified atom stereocenters. The second-order valence-electron chi connectivity index (χ2n) is 7.10. The summed E-state index contributed by atoms with van der Waals surface area (Å²) < 4.78 is 30.3. The molecule has 3 N–H and O–H groups in total. The third-order valence-corrected chi connectivity index (χ3v) is 5.96. The van der Waals surface area contributed by atoms with Gasteiger partial charge in [-0.1, -0.05) is 17.8 Å². The Balaban J connectivity index is 1.46. The fourth-order valence-electron chi connectivity index (χ4n) is 3.62. The molecular weight excluding hydrogens is 429 g/mol. The first-order valence-corrected chi connectivity index (χ1v) is 10.5. The zero-order valence-electron chi connectivity index (χ0n) is 16.2. The third kappa shape index (κ3) is 4.51. The highest BCUT2D eigenvalue weighted by Gasteiger charge is 2.32. The predicted octanol–water partition coefficient (Wildman–Crippen LogP) is 2.83. The van der Waals surface area contributed by atoms with E-state index in [1.807, 2.05) is 0 Å². The first-order chi connectivity index (χ1) is 14.8. The Bertz CT molecular complexity index is 1050. The van der Waals surface area contributed by atoms with Crippen LogP contribution in [0.25, 0.3) is 0 Å². The lowest BCUT2D eigenvalue weighted by Gasteiger charge is -2.25. The molecule has 2 heterocycles. The summed E-state index contributed by atoms with van der Waals surface area (Å²) in [5.41, 5.74) is 0.870. The normalized spacial score (nSPS) is 14.9. The number of carbonyl (C=O) groups is 2. The molecule has 2 aliphatic heterocycles. The minimum absolute atomic E-state index is 0.0330. The predicted molar refractivity (Wildman–Crippen MR) is 111 cm³/mol. The first-order valence-electron chi connectivity index (χ1n) is 9.54. The molecule has 160 valence electrons. The lowest BCUT2D eigenvalue weighted by molar-refractivity contribution is 0.0680. The van der Waals surface area contributed by atoms with Gasteiger partial charge in [-0.2, -0.15) is 0 Å². The van der Waals surface area contributed by atoms with Crippen LogP contribution in [0.4, 0.5) is 4.39 Å². The molecule has 0 radical (unpaired) electrons. The Labute approximate surface area is 181 Å². The van der Waals surface area contributed by atoms with Gasteiger partial charge in [-0.15, -0.1) is 0 Å². The van der Waals surface area contributed by atoms with E-state index >= 15 is 0 Å². The van der Waals surface area contributed by atoms with Crippen LogP contribution in [0.1, 0.15) is 31.8 Å². The van der Waals surface area contributed by atoms with Gasteiger partial charge in [0.15, 0.2) is 0 Å². The molecule has 31 heavy (non-hydrogen) atoms. The minimum Gasteiger partial charge on any atom is -0.535 e. The minimum atomic E-state index is -1.30. The summed E-state index contributed by atoms with van der Waals surface area (Å²) in [6.07, 6.45) is 1.68. The number of aryl methyl sites for hydroxylation is 2. The van der Waals surface area contributed by atoms with Gasteiger partial charge >= 0.3 is 26.2 Å². The Hall–Kier alpha value is -2.69. The second-order valence-corrected chi connectivity index (χ2v) is 8.07. The maximum absolute atomic E-state index is 13.6. The van der Waals surface area contributed by atoms with Crippen LogP contribution in [0.3, 0.4) is 0 Å². The van der Waals surface area contributed by atoms with E-state index in [1.165, 1.54) is 6.07 Å². The van der Waals surface area contributed by atoms with Crippen LogP contribution in [-0.4, -0.2) is 47.4 Å². The van der Waals surface area contributed by atoms with Gasteiger partial charge in [0, 0.05) is 4.90 Å². The van der Waals surface area contributed by atoms with Gasteiger partial charge in [0.25, 0.3) is 0 Å². The van der Waals surface area contributed by atoms with E-state index in [2.05, 4.69) is 0 Å². The lowest BCUT2D eigenvalue weighted by atomic mass is 9.77. The van der Waals surface area contributed by atoms with Crippen molar-refractivity contribution in [3.63, 3.8) is 0 Å². The number of fused-ring (bicyclic) bond motifs is 2. The lowest BCUT2D eigenvalue weighted by Crippen LogP contribution is -2.31. The number of hydrogen-bond acceptors (Lipinski definition) is 7. The number of hydrogen-bond donors (Lipinski definition) is 3. The van der Waals surface area contributed by atoms with Crippen molar-refractivity contribution >= 4 is 37.9 Å². The molecule has 0 aromatic heterocycles. The summed E-state index contributed by atoms with van der Waals surface area (Å²) in [4.78, 5) is 23.6. The van der Waals surface area contributed by atoms with E-state index in [9.17, 15) is 29.2 Å². The van der Waals surface area contributed by atoms with Crippen molar-refractivity contribution in [1.82, 2.24) is 0 Å². The second kappa shape index (κ2) is 8.81. The van der Waals surface area contributed by atoms with Crippen LogP contribution in [0, 0.1) is 5.82 Å². The fraction of sp³-hybridized carbons (Fsp3) is 0.263. The van der Waals surface area contributed by atoms with Crippen LogP contribution in [0.2, 0.25) is 12.6 Å². The fourth-order valence-corrected chi connectivity index (χ4v) is 4.46. The number of rotatable bonds is 6. The topological polar surface area (TPSA) is 123 Å². The van der Waals surface area contributed by atoms with Gasteiger partial charge in [-0.25, -0.2) is 14.0 Å². The Morgan fingerprint density at radius 3 is 2.58 bits per heavy atom. The van der Waals surface area contributed by atoms with E-state index in [0.29, 0.717) is 41.5 Å². The van der Waals surface area contributed by atoms with Crippen molar-refractivity contribution in [1.29, 1.82) is 0 Å². The number of carboxylic acids is 2. The molecule has 0 spiro atoms. The summed E-state index contributed by atoms with van der Waals surface area (Å²) in [5.74, 6) is -2.84. The van der Waals surface area contributed by atoms with Crippen molar-refractivity contribution in [2.24, 2.45) is 0 Å². The molecule has 0 saturated heterocycles. The van der Waals surface area contributed by atoms with E-state index in [-0.39, 0.29) is 28.6 Å². The maximum atomic E-state index is 13.6. The number of aromatic carboxylic acids is 2. The molecule has 8 nitrogen and oxygen atoms in total. The SMILES string of the molecule is O=C(O)c1cc(F)cc2c1OB(OCSc1ccc3c(c1C(=O)O)OB(O)CC3)CC2. The van der Waals surface area contributed by atoms with Crippen molar-refractivity contribution in [2.45, 2.75) is 30.4 Å². The van der Waals surface area contributed by atoms with Crippen LogP contribution < -0.4 is 9.31 Å². The van der Waals surface area contributed by atoms with Crippen LogP contribution >= 0.6 is 11.8 Å². The highest BCUT2D eigenvalue weighted by molar-refractivity contribution is 7.99. The van der Waals surface area contributed by atoms with Gasteiger partial charge < -0.3 is 29.2 Å². The van der Waals surface area contributed by atoms with Gasteiger partial charge in [-0.05, 0) is 54.8 Å². The largest absolute Gasteiger partial charge is 0.535 e. The highest BCUT2D eigenvalue weighted by atomic mass is 32.2. The number of thioether (sulfide) groups is 1. The molecule has 2 aromatic carbocycles. The molecule has 2 aliphatic rings. The Morgan fingerprint density at radius 2 is 1.84 bits per heavy atom.